The molecule has 0 aliphatic carbocycles. The Balaban J connectivity index is 3.13. The van der Waals surface area contributed by atoms with Crippen molar-refractivity contribution in [1.29, 1.82) is 0 Å². The third-order valence-corrected chi connectivity index (χ3v) is 3.36. The van der Waals surface area contributed by atoms with Gasteiger partial charge in [0.1, 0.15) is 5.75 Å². The SMILES string of the molecule is CCOC(OCC)C(NC)c1cc(C)c(OC)cc1C. The first-order valence-electron chi connectivity index (χ1n) is 7.14. The molecule has 0 amide bonds. The summed E-state index contributed by atoms with van der Waals surface area (Å²) < 4.78 is 16.8. The normalized spacial score (nSPS) is 12.8. The molecule has 0 radical (unpaired) electrons. The first kappa shape index (κ1) is 17.0. The first-order valence-corrected chi connectivity index (χ1v) is 7.14. The Bertz CT molecular complexity index is 414. The number of benzene rings is 1. The van der Waals surface area contributed by atoms with Crippen molar-refractivity contribution in [2.45, 2.75) is 40.0 Å². The summed E-state index contributed by atoms with van der Waals surface area (Å²) >= 11 is 0. The van der Waals surface area contributed by atoms with Crippen LogP contribution >= 0.6 is 0 Å². The Morgan fingerprint density at radius 3 is 2.10 bits per heavy atom. The second-order valence-electron chi connectivity index (χ2n) is 4.72. The summed E-state index contributed by atoms with van der Waals surface area (Å²) in [5.74, 6) is 0.908. The number of ether oxygens (including phenoxy) is 3. The molecule has 0 aliphatic rings. The van der Waals surface area contributed by atoms with Gasteiger partial charge < -0.3 is 19.5 Å². The zero-order chi connectivity index (χ0) is 15.1. The van der Waals surface area contributed by atoms with E-state index in [0.29, 0.717) is 13.2 Å². The molecule has 0 saturated heterocycles. The standard InChI is InChI=1S/C16H27NO3/c1-7-19-16(20-8-2)15(17-5)13-9-12(4)14(18-6)10-11(13)3/h9-10,15-17H,7-8H2,1-6H3. The molecule has 0 saturated carbocycles. The third kappa shape index (κ3) is 3.95. The highest BCUT2D eigenvalue weighted by Crippen LogP contribution is 2.29. The van der Waals surface area contributed by atoms with Gasteiger partial charge in [0.15, 0.2) is 6.29 Å². The van der Waals surface area contributed by atoms with E-state index in [4.69, 9.17) is 14.2 Å². The van der Waals surface area contributed by atoms with Crippen molar-refractivity contribution in [3.8, 4) is 5.75 Å². The highest BCUT2D eigenvalue weighted by molar-refractivity contribution is 5.43. The summed E-state index contributed by atoms with van der Waals surface area (Å²) in [5, 5.41) is 3.30. The highest BCUT2D eigenvalue weighted by Gasteiger charge is 2.24. The zero-order valence-corrected chi connectivity index (χ0v) is 13.4. The third-order valence-electron chi connectivity index (χ3n) is 3.36. The lowest BCUT2D eigenvalue weighted by Gasteiger charge is -2.28. The largest absolute Gasteiger partial charge is 0.496 e. The predicted octanol–water partition coefficient (Wildman–Crippen LogP) is 2.97. The van der Waals surface area contributed by atoms with Crippen molar-refractivity contribution in [1.82, 2.24) is 5.32 Å². The number of hydrogen-bond donors (Lipinski definition) is 1. The van der Waals surface area contributed by atoms with Crippen LogP contribution in [-0.4, -0.2) is 33.7 Å². The molecule has 0 bridgehead atoms. The maximum absolute atomic E-state index is 5.73. The summed E-state index contributed by atoms with van der Waals surface area (Å²) in [6.07, 6.45) is -0.290. The fourth-order valence-corrected chi connectivity index (χ4v) is 2.37. The fraction of sp³-hybridized carbons (Fsp3) is 0.625. The molecule has 0 spiro atoms. The number of aryl methyl sites for hydroxylation is 2. The summed E-state index contributed by atoms with van der Waals surface area (Å²) in [4.78, 5) is 0. The molecular formula is C16H27NO3. The Labute approximate surface area is 122 Å². The van der Waals surface area contributed by atoms with Crippen molar-refractivity contribution in [3.63, 3.8) is 0 Å². The van der Waals surface area contributed by atoms with Crippen molar-refractivity contribution >= 4 is 0 Å². The van der Waals surface area contributed by atoms with E-state index in [-0.39, 0.29) is 12.3 Å². The topological polar surface area (TPSA) is 39.7 Å². The Morgan fingerprint density at radius 2 is 1.65 bits per heavy atom. The molecule has 114 valence electrons. The minimum absolute atomic E-state index is 0.000457. The van der Waals surface area contributed by atoms with Crippen molar-refractivity contribution < 1.29 is 14.2 Å². The van der Waals surface area contributed by atoms with Crippen LogP contribution in [0.1, 0.15) is 36.6 Å². The van der Waals surface area contributed by atoms with Gasteiger partial charge in [-0.15, -0.1) is 0 Å². The molecule has 1 unspecified atom stereocenters. The molecular weight excluding hydrogens is 254 g/mol. The minimum atomic E-state index is -0.290. The summed E-state index contributed by atoms with van der Waals surface area (Å²) in [5.41, 5.74) is 3.45. The van der Waals surface area contributed by atoms with Crippen molar-refractivity contribution in [2.24, 2.45) is 0 Å². The number of rotatable bonds is 8. The fourth-order valence-electron chi connectivity index (χ4n) is 2.37. The average Bonchev–Trinajstić information content (AvgIpc) is 2.43. The first-order chi connectivity index (χ1) is 9.58. The van der Waals surface area contributed by atoms with Crippen LogP contribution in [0.4, 0.5) is 0 Å². The van der Waals surface area contributed by atoms with Gasteiger partial charge in [-0.2, -0.15) is 0 Å². The molecule has 1 aromatic carbocycles. The Hall–Kier alpha value is -1.10. The smallest absolute Gasteiger partial charge is 0.176 e. The van der Waals surface area contributed by atoms with E-state index in [2.05, 4.69) is 24.4 Å². The quantitative estimate of drug-likeness (QED) is 0.744. The van der Waals surface area contributed by atoms with Crippen LogP contribution in [0.15, 0.2) is 12.1 Å². The van der Waals surface area contributed by atoms with Crippen molar-refractivity contribution in [2.75, 3.05) is 27.4 Å². The van der Waals surface area contributed by atoms with Crippen LogP contribution in [0.2, 0.25) is 0 Å². The second kappa shape index (κ2) is 8.25. The lowest BCUT2D eigenvalue weighted by molar-refractivity contribution is -0.154. The van der Waals surface area contributed by atoms with E-state index in [9.17, 15) is 0 Å². The van der Waals surface area contributed by atoms with Gasteiger partial charge >= 0.3 is 0 Å². The van der Waals surface area contributed by atoms with Gasteiger partial charge in [0.2, 0.25) is 0 Å². The van der Waals surface area contributed by atoms with E-state index in [0.717, 1.165) is 16.9 Å². The summed E-state index contributed by atoms with van der Waals surface area (Å²) in [6.45, 7) is 9.32. The van der Waals surface area contributed by atoms with Gasteiger partial charge in [0, 0.05) is 13.2 Å². The van der Waals surface area contributed by atoms with Gasteiger partial charge in [-0.3, -0.25) is 0 Å². The van der Waals surface area contributed by atoms with Crippen LogP contribution in [0, 0.1) is 13.8 Å². The van der Waals surface area contributed by atoms with Gasteiger partial charge in [0.25, 0.3) is 0 Å². The Morgan fingerprint density at radius 1 is 1.05 bits per heavy atom. The number of hydrogen-bond acceptors (Lipinski definition) is 4. The second-order valence-corrected chi connectivity index (χ2v) is 4.72. The van der Waals surface area contributed by atoms with Crippen molar-refractivity contribution in [3.05, 3.63) is 28.8 Å². The molecule has 1 rings (SSSR count). The molecule has 1 atom stereocenters. The van der Waals surface area contributed by atoms with E-state index in [1.165, 1.54) is 5.56 Å². The minimum Gasteiger partial charge on any atom is -0.496 e. The van der Waals surface area contributed by atoms with Crippen LogP contribution in [0.5, 0.6) is 5.75 Å². The molecule has 1 N–H and O–H groups in total. The average molecular weight is 281 g/mol. The molecule has 0 aromatic heterocycles. The van der Waals surface area contributed by atoms with Gasteiger partial charge in [0.05, 0.1) is 13.2 Å². The molecule has 0 aliphatic heterocycles. The maximum atomic E-state index is 5.73. The highest BCUT2D eigenvalue weighted by atomic mass is 16.7. The van der Waals surface area contributed by atoms with E-state index >= 15 is 0 Å². The maximum Gasteiger partial charge on any atom is 0.176 e. The lowest BCUT2D eigenvalue weighted by Crippen LogP contribution is -2.34. The lowest BCUT2D eigenvalue weighted by atomic mass is 9.97. The molecule has 0 fully saturated rings. The Kier molecular flexibility index (Phi) is 6.99. The summed E-state index contributed by atoms with van der Waals surface area (Å²) in [7, 11) is 3.62. The van der Waals surface area contributed by atoms with Crippen LogP contribution in [0.25, 0.3) is 0 Å². The molecule has 20 heavy (non-hydrogen) atoms. The molecule has 1 aromatic rings. The monoisotopic (exact) mass is 281 g/mol. The predicted molar refractivity (Wildman–Crippen MR) is 81.3 cm³/mol. The van der Waals surface area contributed by atoms with Crippen LogP contribution < -0.4 is 10.1 Å². The number of methoxy groups -OCH3 is 1. The van der Waals surface area contributed by atoms with Gasteiger partial charge in [-0.25, -0.2) is 0 Å². The van der Waals surface area contributed by atoms with E-state index in [1.54, 1.807) is 7.11 Å². The van der Waals surface area contributed by atoms with Gasteiger partial charge in [-0.05, 0) is 57.5 Å². The van der Waals surface area contributed by atoms with E-state index < -0.39 is 0 Å². The summed E-state index contributed by atoms with van der Waals surface area (Å²) in [6, 6.07) is 4.20. The number of nitrogens with one attached hydrogen (secondary N) is 1. The molecule has 4 nitrogen and oxygen atoms in total. The van der Waals surface area contributed by atoms with Crippen LogP contribution in [0.3, 0.4) is 0 Å². The molecule has 0 heterocycles. The van der Waals surface area contributed by atoms with Crippen LogP contribution in [-0.2, 0) is 9.47 Å². The van der Waals surface area contributed by atoms with Gasteiger partial charge in [-0.1, -0.05) is 6.07 Å². The molecule has 4 heteroatoms. The van der Waals surface area contributed by atoms with E-state index in [1.807, 2.05) is 27.8 Å². The zero-order valence-electron chi connectivity index (χ0n) is 13.4. The number of likely N-dealkylation sites (N-methyl/N-ethyl adjacent to an activating group) is 1.